The molecule has 5 fully saturated rings. The molecule has 0 N–H and O–H groups in total. The van der Waals surface area contributed by atoms with Crippen LogP contribution in [0.3, 0.4) is 0 Å². The maximum Gasteiger partial charge on any atom is -0.0321 e. The first-order valence-electron chi connectivity index (χ1n) is 21.5. The summed E-state index contributed by atoms with van der Waals surface area (Å²) in [5.74, 6) is 14.4. The highest BCUT2D eigenvalue weighted by Gasteiger charge is 2.56. The zero-order chi connectivity index (χ0) is 31.1. The third-order valence-electron chi connectivity index (χ3n) is 16.0. The average Bonchev–Trinajstić information content (AvgIpc) is 3.05. The first-order valence-corrected chi connectivity index (χ1v) is 21.5. The van der Waals surface area contributed by atoms with Gasteiger partial charge in [0.15, 0.2) is 0 Å². The molecule has 0 bridgehead atoms. The third-order valence-corrected chi connectivity index (χ3v) is 16.0. The summed E-state index contributed by atoms with van der Waals surface area (Å²) in [6.07, 6.45) is 36.7. The lowest BCUT2D eigenvalue weighted by Gasteiger charge is -2.61. The third kappa shape index (κ3) is 7.82. The molecule has 0 spiro atoms. The highest BCUT2D eigenvalue weighted by molar-refractivity contribution is 5.04. The van der Waals surface area contributed by atoms with E-state index in [0.717, 1.165) is 82.9 Å². The molecular weight excluding hydrogens is 528 g/mol. The summed E-state index contributed by atoms with van der Waals surface area (Å²) >= 11 is 0. The molecule has 0 aromatic carbocycles. The van der Waals surface area contributed by atoms with Gasteiger partial charge in [0, 0.05) is 0 Å². The Hall–Kier alpha value is 0. The van der Waals surface area contributed by atoms with Crippen LogP contribution in [0, 0.1) is 82.9 Å². The van der Waals surface area contributed by atoms with Crippen LogP contribution in [0.25, 0.3) is 0 Å². The quantitative estimate of drug-likeness (QED) is 0.207. The fourth-order valence-corrected chi connectivity index (χ4v) is 14.2. The molecule has 5 aliphatic carbocycles. The molecule has 0 heteroatoms. The Kier molecular flexibility index (Phi) is 14.0. The summed E-state index contributed by atoms with van der Waals surface area (Å²) in [7, 11) is 0. The van der Waals surface area contributed by atoms with Gasteiger partial charge in [-0.05, 0) is 128 Å². The molecule has 0 heterocycles. The van der Waals surface area contributed by atoms with E-state index in [2.05, 4.69) is 41.5 Å². The van der Waals surface area contributed by atoms with Gasteiger partial charge >= 0.3 is 0 Å². The molecule has 0 nitrogen and oxygen atoms in total. The summed E-state index contributed by atoms with van der Waals surface area (Å²) in [6.45, 7) is 15.5. The van der Waals surface area contributed by atoms with E-state index in [1.165, 1.54) is 64.2 Å². The van der Waals surface area contributed by atoms with Crippen LogP contribution in [-0.4, -0.2) is 0 Å². The van der Waals surface area contributed by atoms with Crippen molar-refractivity contribution >= 4 is 0 Å². The molecule has 0 saturated heterocycles. The summed E-state index contributed by atoms with van der Waals surface area (Å²) in [5.41, 5.74) is 0. The molecule has 14 unspecified atom stereocenters. The predicted molar refractivity (Wildman–Crippen MR) is 194 cm³/mol. The topological polar surface area (TPSA) is 0 Å². The smallest absolute Gasteiger partial charge is 0.0321 e. The lowest BCUT2D eigenvalue weighted by Crippen LogP contribution is -2.54. The largest absolute Gasteiger partial charge is 0.0654 e. The predicted octanol–water partition coefficient (Wildman–Crippen LogP) is 14.2. The van der Waals surface area contributed by atoms with E-state index >= 15 is 0 Å². The van der Waals surface area contributed by atoms with Crippen molar-refractivity contribution in [2.45, 2.75) is 196 Å². The summed E-state index contributed by atoms with van der Waals surface area (Å²) in [5, 5.41) is 0. The first-order chi connectivity index (χ1) is 21.5. The van der Waals surface area contributed by atoms with Crippen LogP contribution in [0.5, 0.6) is 0 Å². The van der Waals surface area contributed by atoms with Gasteiger partial charge in [-0.2, -0.15) is 0 Å². The molecule has 14 atom stereocenters. The zero-order valence-corrected chi connectivity index (χ0v) is 31.1. The highest BCUT2D eigenvalue weighted by Crippen LogP contribution is 2.63. The summed E-state index contributed by atoms with van der Waals surface area (Å²) in [6, 6.07) is 0. The van der Waals surface area contributed by atoms with E-state index in [0.29, 0.717) is 0 Å². The molecule has 5 aliphatic rings. The van der Waals surface area contributed by atoms with Gasteiger partial charge in [-0.15, -0.1) is 0 Å². The number of fused-ring (bicyclic) bond motifs is 2. The van der Waals surface area contributed by atoms with Crippen LogP contribution in [0.15, 0.2) is 0 Å². The van der Waals surface area contributed by atoms with Gasteiger partial charge in [-0.3, -0.25) is 0 Å². The van der Waals surface area contributed by atoms with E-state index < -0.39 is 0 Å². The summed E-state index contributed by atoms with van der Waals surface area (Å²) in [4.78, 5) is 0. The number of hydrogen-bond donors (Lipinski definition) is 0. The minimum Gasteiger partial charge on any atom is -0.0654 e. The fourth-order valence-electron chi connectivity index (χ4n) is 14.2. The Morgan fingerprint density at radius 1 is 0.568 bits per heavy atom. The zero-order valence-electron chi connectivity index (χ0n) is 31.1. The Labute approximate surface area is 277 Å². The van der Waals surface area contributed by atoms with Gasteiger partial charge in [0.1, 0.15) is 0 Å². The second kappa shape index (κ2) is 17.4. The standard InChI is InChI=1S/C44H80/c1-7-11-20-31(5)29-30-33-22-13-15-26-40(39-25-17-16-24-38(33)39)44-35(9-3)34(8-2)43(41-27-18-19-28-42(41)44)36(10-4)37-23-14-12-21-32(37)6/h31-44H,7-30H2,1-6H3. The van der Waals surface area contributed by atoms with Gasteiger partial charge < -0.3 is 0 Å². The number of unbranched alkanes of at least 4 members (excludes halogenated alkanes) is 1. The van der Waals surface area contributed by atoms with Crippen molar-refractivity contribution in [2.24, 2.45) is 82.9 Å². The van der Waals surface area contributed by atoms with E-state index in [4.69, 9.17) is 0 Å². The minimum absolute atomic E-state index is 0.949. The van der Waals surface area contributed by atoms with Gasteiger partial charge in [-0.25, -0.2) is 0 Å². The molecule has 0 aliphatic heterocycles. The highest BCUT2D eigenvalue weighted by atomic mass is 14.6. The average molecular weight is 609 g/mol. The monoisotopic (exact) mass is 609 g/mol. The molecule has 0 amide bonds. The molecule has 5 rings (SSSR count). The normalized spacial score (nSPS) is 43.2. The van der Waals surface area contributed by atoms with Crippen LogP contribution >= 0.6 is 0 Å². The minimum atomic E-state index is 0.949. The van der Waals surface area contributed by atoms with Crippen LogP contribution in [0.4, 0.5) is 0 Å². The van der Waals surface area contributed by atoms with Crippen LogP contribution in [0.1, 0.15) is 196 Å². The Morgan fingerprint density at radius 2 is 1.14 bits per heavy atom. The molecule has 0 aromatic heterocycles. The molecule has 44 heavy (non-hydrogen) atoms. The molecular formula is C44H80. The van der Waals surface area contributed by atoms with Crippen molar-refractivity contribution in [1.82, 2.24) is 0 Å². The second-order valence-electron chi connectivity index (χ2n) is 18.1. The lowest BCUT2D eigenvalue weighted by atomic mass is 9.44. The SMILES string of the molecule is CCCCC(C)CCC1CCCCC(C2C(CC)C(CC)C(C(CC)C3CCCCC3C)C3CCCCC32)C2CCCCC12. The Morgan fingerprint density at radius 3 is 1.77 bits per heavy atom. The Bertz CT molecular complexity index is 790. The van der Waals surface area contributed by atoms with Gasteiger partial charge in [0.05, 0.1) is 0 Å². The number of hydrogen-bond acceptors (Lipinski definition) is 0. The molecule has 0 radical (unpaired) electrons. The number of rotatable bonds is 12. The van der Waals surface area contributed by atoms with Crippen molar-refractivity contribution in [3.63, 3.8) is 0 Å². The molecule has 0 aromatic rings. The van der Waals surface area contributed by atoms with Crippen LogP contribution in [-0.2, 0) is 0 Å². The van der Waals surface area contributed by atoms with E-state index in [1.807, 2.05) is 0 Å². The maximum absolute atomic E-state index is 2.66. The van der Waals surface area contributed by atoms with E-state index in [1.54, 1.807) is 89.9 Å². The van der Waals surface area contributed by atoms with E-state index in [9.17, 15) is 0 Å². The van der Waals surface area contributed by atoms with Crippen LogP contribution < -0.4 is 0 Å². The Balaban J connectivity index is 1.43. The van der Waals surface area contributed by atoms with Gasteiger partial charge in [0.2, 0.25) is 0 Å². The van der Waals surface area contributed by atoms with Gasteiger partial charge in [0.25, 0.3) is 0 Å². The van der Waals surface area contributed by atoms with Crippen molar-refractivity contribution < 1.29 is 0 Å². The van der Waals surface area contributed by atoms with Crippen molar-refractivity contribution in [2.75, 3.05) is 0 Å². The fraction of sp³-hybridized carbons (Fsp3) is 1.00. The molecule has 256 valence electrons. The van der Waals surface area contributed by atoms with E-state index in [-0.39, 0.29) is 0 Å². The lowest BCUT2D eigenvalue weighted by molar-refractivity contribution is -0.124. The van der Waals surface area contributed by atoms with Crippen molar-refractivity contribution in [3.8, 4) is 0 Å². The van der Waals surface area contributed by atoms with Gasteiger partial charge in [-0.1, -0.05) is 151 Å². The molecule has 5 saturated carbocycles. The van der Waals surface area contributed by atoms with Crippen molar-refractivity contribution in [3.05, 3.63) is 0 Å². The first kappa shape index (κ1) is 35.3. The maximum atomic E-state index is 2.66. The second-order valence-corrected chi connectivity index (χ2v) is 18.1. The van der Waals surface area contributed by atoms with Crippen molar-refractivity contribution in [1.29, 1.82) is 0 Å². The van der Waals surface area contributed by atoms with Crippen LogP contribution in [0.2, 0.25) is 0 Å². The summed E-state index contributed by atoms with van der Waals surface area (Å²) < 4.78 is 0.